The Morgan fingerprint density at radius 3 is 3.00 bits per heavy atom. The van der Waals surface area contributed by atoms with Crippen LogP contribution < -0.4 is 0 Å². The van der Waals surface area contributed by atoms with Crippen LogP contribution in [0, 0.1) is 18.7 Å². The van der Waals surface area contributed by atoms with Gasteiger partial charge in [-0.25, -0.2) is 4.39 Å². The molecule has 19 heavy (non-hydrogen) atoms. The molecular formula is C16H18FNO. The highest BCUT2D eigenvalue weighted by Crippen LogP contribution is 2.30. The zero-order valence-corrected chi connectivity index (χ0v) is 11.1. The largest absolute Gasteiger partial charge is 0.358 e. The van der Waals surface area contributed by atoms with Crippen molar-refractivity contribution in [2.45, 2.75) is 39.0 Å². The van der Waals surface area contributed by atoms with E-state index in [-0.39, 0.29) is 11.7 Å². The van der Waals surface area contributed by atoms with Crippen LogP contribution >= 0.6 is 0 Å². The molecule has 0 radical (unpaired) electrons. The molecule has 1 atom stereocenters. The van der Waals surface area contributed by atoms with E-state index in [2.05, 4.69) is 4.98 Å². The number of carbonyl (C=O) groups excluding carboxylic acids is 1. The molecule has 1 aromatic heterocycles. The number of Topliss-reactive ketones (excluding diaryl/α,β-unsaturated/α-hetero) is 1. The standard InChI is InChI=1S/C16H18FNO/c1-10-14(8-11-4-2-3-5-16(11)19)13-7-6-12(17)9-15(13)18-10/h6-7,9,11,18H,2-5,8H2,1H3. The first-order valence-electron chi connectivity index (χ1n) is 6.94. The second-order valence-electron chi connectivity index (χ2n) is 5.53. The van der Waals surface area contributed by atoms with E-state index in [1.54, 1.807) is 0 Å². The zero-order valence-electron chi connectivity index (χ0n) is 11.1. The van der Waals surface area contributed by atoms with Gasteiger partial charge >= 0.3 is 0 Å². The maximum Gasteiger partial charge on any atom is 0.136 e. The molecule has 1 heterocycles. The third kappa shape index (κ3) is 2.29. The average Bonchev–Trinajstić information content (AvgIpc) is 2.68. The summed E-state index contributed by atoms with van der Waals surface area (Å²) < 4.78 is 13.2. The number of fused-ring (bicyclic) bond motifs is 1. The fourth-order valence-electron chi connectivity index (χ4n) is 3.14. The van der Waals surface area contributed by atoms with Gasteiger partial charge in [0.25, 0.3) is 0 Å². The molecule has 0 spiro atoms. The van der Waals surface area contributed by atoms with E-state index < -0.39 is 0 Å². The summed E-state index contributed by atoms with van der Waals surface area (Å²) in [7, 11) is 0. The third-order valence-electron chi connectivity index (χ3n) is 4.21. The van der Waals surface area contributed by atoms with Crippen LogP contribution in [0.5, 0.6) is 0 Å². The fraction of sp³-hybridized carbons (Fsp3) is 0.438. The highest BCUT2D eigenvalue weighted by atomic mass is 19.1. The van der Waals surface area contributed by atoms with Gasteiger partial charge < -0.3 is 4.98 Å². The van der Waals surface area contributed by atoms with Gasteiger partial charge in [0.2, 0.25) is 0 Å². The minimum atomic E-state index is -0.228. The Morgan fingerprint density at radius 2 is 2.21 bits per heavy atom. The van der Waals surface area contributed by atoms with Gasteiger partial charge in [-0.15, -0.1) is 0 Å². The predicted octanol–water partition coefficient (Wildman–Crippen LogP) is 3.92. The van der Waals surface area contributed by atoms with Crippen LogP contribution in [0.2, 0.25) is 0 Å². The number of aryl methyl sites for hydroxylation is 1. The molecule has 1 aromatic carbocycles. The highest BCUT2D eigenvalue weighted by molar-refractivity contribution is 5.87. The average molecular weight is 259 g/mol. The lowest BCUT2D eigenvalue weighted by atomic mass is 9.83. The molecule has 100 valence electrons. The van der Waals surface area contributed by atoms with Crippen molar-refractivity contribution in [3.05, 3.63) is 35.3 Å². The monoisotopic (exact) mass is 259 g/mol. The van der Waals surface area contributed by atoms with Crippen molar-refractivity contribution in [2.75, 3.05) is 0 Å². The molecule has 3 rings (SSSR count). The molecule has 1 aliphatic rings. The van der Waals surface area contributed by atoms with Gasteiger partial charge in [-0.05, 0) is 49.9 Å². The summed E-state index contributed by atoms with van der Waals surface area (Å²) in [5.74, 6) is 0.313. The quantitative estimate of drug-likeness (QED) is 0.871. The summed E-state index contributed by atoms with van der Waals surface area (Å²) in [5.41, 5.74) is 3.06. The molecule has 0 amide bonds. The molecule has 0 bridgehead atoms. The number of ketones is 1. The zero-order chi connectivity index (χ0) is 13.4. The smallest absolute Gasteiger partial charge is 0.136 e. The number of halogens is 1. The molecule has 3 heteroatoms. The molecule has 2 aromatic rings. The Bertz CT molecular complexity index is 629. The molecule has 1 fully saturated rings. The minimum Gasteiger partial charge on any atom is -0.358 e. The number of aromatic nitrogens is 1. The van der Waals surface area contributed by atoms with Crippen LogP contribution in [0.15, 0.2) is 18.2 Å². The Morgan fingerprint density at radius 1 is 1.37 bits per heavy atom. The van der Waals surface area contributed by atoms with E-state index in [0.29, 0.717) is 5.78 Å². The Hall–Kier alpha value is -1.64. The Labute approximate surface area is 112 Å². The maximum absolute atomic E-state index is 13.2. The molecule has 1 unspecified atom stereocenters. The van der Waals surface area contributed by atoms with Crippen molar-refractivity contribution in [1.29, 1.82) is 0 Å². The summed E-state index contributed by atoms with van der Waals surface area (Å²) >= 11 is 0. The van der Waals surface area contributed by atoms with Crippen LogP contribution in [0.4, 0.5) is 4.39 Å². The second-order valence-corrected chi connectivity index (χ2v) is 5.53. The lowest BCUT2D eigenvalue weighted by Gasteiger charge is -2.20. The van der Waals surface area contributed by atoms with E-state index in [4.69, 9.17) is 0 Å². The van der Waals surface area contributed by atoms with Crippen LogP contribution in [0.1, 0.15) is 36.9 Å². The van der Waals surface area contributed by atoms with Crippen molar-refractivity contribution in [2.24, 2.45) is 5.92 Å². The van der Waals surface area contributed by atoms with Crippen LogP contribution in [0.25, 0.3) is 10.9 Å². The SMILES string of the molecule is Cc1[nH]c2cc(F)ccc2c1CC1CCCCC1=O. The van der Waals surface area contributed by atoms with Crippen molar-refractivity contribution >= 4 is 16.7 Å². The minimum absolute atomic E-state index is 0.150. The highest BCUT2D eigenvalue weighted by Gasteiger charge is 2.24. The molecule has 1 aliphatic carbocycles. The third-order valence-corrected chi connectivity index (χ3v) is 4.21. The Kier molecular flexibility index (Phi) is 3.13. The number of hydrogen-bond acceptors (Lipinski definition) is 1. The second kappa shape index (κ2) is 4.80. The van der Waals surface area contributed by atoms with Gasteiger partial charge in [0, 0.05) is 28.9 Å². The summed E-state index contributed by atoms with van der Waals surface area (Å²) in [6, 6.07) is 4.83. The Balaban J connectivity index is 1.96. The van der Waals surface area contributed by atoms with Crippen molar-refractivity contribution < 1.29 is 9.18 Å². The molecular weight excluding hydrogens is 241 g/mol. The van der Waals surface area contributed by atoms with E-state index >= 15 is 0 Å². The van der Waals surface area contributed by atoms with Gasteiger partial charge in [0.05, 0.1) is 0 Å². The predicted molar refractivity (Wildman–Crippen MR) is 73.7 cm³/mol. The van der Waals surface area contributed by atoms with E-state index in [0.717, 1.165) is 48.7 Å². The lowest BCUT2D eigenvalue weighted by molar-refractivity contribution is -0.124. The van der Waals surface area contributed by atoms with Crippen LogP contribution in [0.3, 0.4) is 0 Å². The number of nitrogens with one attached hydrogen (secondary N) is 1. The fourth-order valence-corrected chi connectivity index (χ4v) is 3.14. The molecule has 1 saturated carbocycles. The van der Waals surface area contributed by atoms with Crippen molar-refractivity contribution in [3.63, 3.8) is 0 Å². The molecule has 2 nitrogen and oxygen atoms in total. The summed E-state index contributed by atoms with van der Waals surface area (Å²) in [6.45, 7) is 2.00. The number of benzene rings is 1. The van der Waals surface area contributed by atoms with Crippen LogP contribution in [-0.2, 0) is 11.2 Å². The number of H-pyrrole nitrogens is 1. The lowest BCUT2D eigenvalue weighted by Crippen LogP contribution is -2.21. The first-order chi connectivity index (χ1) is 9.15. The van der Waals surface area contributed by atoms with Crippen molar-refractivity contribution in [3.8, 4) is 0 Å². The molecule has 0 aliphatic heterocycles. The normalized spacial score (nSPS) is 20.1. The summed E-state index contributed by atoms with van der Waals surface area (Å²) in [5, 5.41) is 1.05. The van der Waals surface area contributed by atoms with Gasteiger partial charge in [0.15, 0.2) is 0 Å². The van der Waals surface area contributed by atoms with Gasteiger partial charge in [-0.2, -0.15) is 0 Å². The maximum atomic E-state index is 13.2. The summed E-state index contributed by atoms with van der Waals surface area (Å²) in [6.07, 6.45) is 4.68. The van der Waals surface area contributed by atoms with E-state index in [1.165, 1.54) is 17.7 Å². The first-order valence-corrected chi connectivity index (χ1v) is 6.94. The van der Waals surface area contributed by atoms with Crippen LogP contribution in [-0.4, -0.2) is 10.8 Å². The van der Waals surface area contributed by atoms with Gasteiger partial charge in [0.1, 0.15) is 11.6 Å². The molecule has 0 saturated heterocycles. The van der Waals surface area contributed by atoms with Gasteiger partial charge in [-0.3, -0.25) is 4.79 Å². The van der Waals surface area contributed by atoms with Crippen molar-refractivity contribution in [1.82, 2.24) is 4.98 Å². The molecule has 1 N–H and O–H groups in total. The topological polar surface area (TPSA) is 32.9 Å². The number of rotatable bonds is 2. The van der Waals surface area contributed by atoms with E-state index in [9.17, 15) is 9.18 Å². The van der Waals surface area contributed by atoms with Gasteiger partial charge in [-0.1, -0.05) is 6.42 Å². The number of hydrogen-bond donors (Lipinski definition) is 1. The summed E-state index contributed by atoms with van der Waals surface area (Å²) in [4.78, 5) is 15.2. The van der Waals surface area contributed by atoms with E-state index in [1.807, 2.05) is 13.0 Å². The first kappa shape index (κ1) is 12.4. The number of aromatic amines is 1. The number of carbonyl (C=O) groups is 1.